The van der Waals surface area contributed by atoms with Gasteiger partial charge in [0.15, 0.2) is 17.5 Å². The molecule has 61 heavy (non-hydrogen) atoms. The molecule has 3 aromatic heterocycles. The minimum Gasteiger partial charge on any atom is -0.309 e. The first-order valence-electron chi connectivity index (χ1n) is 20.6. The molecule has 0 atom stereocenters. The summed E-state index contributed by atoms with van der Waals surface area (Å²) in [5, 5.41) is 8.27. The van der Waals surface area contributed by atoms with E-state index < -0.39 is 0 Å². The maximum Gasteiger partial charge on any atom is 0.164 e. The van der Waals surface area contributed by atoms with Crippen LogP contribution in [-0.4, -0.2) is 24.5 Å². The van der Waals surface area contributed by atoms with Crippen LogP contribution in [0.1, 0.15) is 0 Å². The van der Waals surface area contributed by atoms with Crippen molar-refractivity contribution in [1.82, 2.24) is 24.5 Å². The number of nitrogens with zero attached hydrogens (tertiary/aromatic N) is 5. The summed E-state index contributed by atoms with van der Waals surface area (Å²) in [4.78, 5) is 20.3. The average molecular weight is 778 g/mol. The highest BCUT2D eigenvalue weighted by Gasteiger charge is 2.20. The smallest absolute Gasteiger partial charge is 0.164 e. The number of fused-ring (bicyclic) bond motifs is 8. The van der Waals surface area contributed by atoms with Crippen molar-refractivity contribution in [3.05, 3.63) is 212 Å². The molecule has 0 fully saturated rings. The molecular formula is C56H35N5. The van der Waals surface area contributed by atoms with Gasteiger partial charge in [-0.3, -0.25) is 0 Å². The van der Waals surface area contributed by atoms with Crippen LogP contribution in [0, 0.1) is 0 Å². The number of para-hydroxylation sites is 2. The van der Waals surface area contributed by atoms with Crippen LogP contribution in [0.4, 0.5) is 0 Å². The lowest BCUT2D eigenvalue weighted by atomic mass is 9.93. The lowest BCUT2D eigenvalue weighted by Gasteiger charge is -2.14. The number of benzene rings is 9. The van der Waals surface area contributed by atoms with Crippen molar-refractivity contribution in [2.75, 3.05) is 0 Å². The minimum absolute atomic E-state index is 0.631. The van der Waals surface area contributed by atoms with Crippen molar-refractivity contribution in [2.45, 2.75) is 0 Å². The largest absolute Gasteiger partial charge is 0.309 e. The van der Waals surface area contributed by atoms with E-state index in [9.17, 15) is 0 Å². The van der Waals surface area contributed by atoms with Crippen molar-refractivity contribution in [1.29, 1.82) is 0 Å². The third kappa shape index (κ3) is 5.94. The van der Waals surface area contributed by atoms with Crippen LogP contribution in [0.5, 0.6) is 0 Å². The fraction of sp³-hybridized carbons (Fsp3) is 0. The van der Waals surface area contributed by atoms with Gasteiger partial charge in [0, 0.05) is 54.9 Å². The number of aromatic nitrogens is 5. The molecule has 0 bridgehead atoms. The van der Waals surface area contributed by atoms with Crippen LogP contribution >= 0.6 is 0 Å². The van der Waals surface area contributed by atoms with E-state index in [1.165, 1.54) is 32.4 Å². The molecule has 0 radical (unpaired) electrons. The second-order valence-corrected chi connectivity index (χ2v) is 15.4. The first-order chi connectivity index (χ1) is 30.2. The Labute approximate surface area is 351 Å². The zero-order chi connectivity index (χ0) is 40.3. The van der Waals surface area contributed by atoms with Gasteiger partial charge < -0.3 is 4.57 Å². The summed E-state index contributed by atoms with van der Waals surface area (Å²) in [5.41, 5.74) is 11.5. The fourth-order valence-corrected chi connectivity index (χ4v) is 8.89. The fourth-order valence-electron chi connectivity index (χ4n) is 8.89. The topological polar surface area (TPSA) is 56.5 Å². The van der Waals surface area contributed by atoms with E-state index in [0.29, 0.717) is 17.5 Å². The Balaban J connectivity index is 1.06. The molecule has 0 saturated heterocycles. The van der Waals surface area contributed by atoms with Crippen molar-refractivity contribution in [3.8, 4) is 62.2 Å². The second kappa shape index (κ2) is 14.2. The highest BCUT2D eigenvalue weighted by Crippen LogP contribution is 2.43. The zero-order valence-corrected chi connectivity index (χ0v) is 32.9. The van der Waals surface area contributed by atoms with Gasteiger partial charge >= 0.3 is 0 Å². The van der Waals surface area contributed by atoms with Crippen LogP contribution in [0.15, 0.2) is 212 Å². The summed E-state index contributed by atoms with van der Waals surface area (Å²) < 4.78 is 2.39. The molecule has 3 heterocycles. The first-order valence-corrected chi connectivity index (χ1v) is 20.6. The van der Waals surface area contributed by atoms with Crippen molar-refractivity contribution >= 4 is 54.3 Å². The van der Waals surface area contributed by atoms with Crippen LogP contribution < -0.4 is 0 Å². The van der Waals surface area contributed by atoms with E-state index in [0.717, 1.165) is 66.6 Å². The number of rotatable bonds is 6. The van der Waals surface area contributed by atoms with Gasteiger partial charge in [0.05, 0.1) is 22.2 Å². The van der Waals surface area contributed by atoms with E-state index in [-0.39, 0.29) is 0 Å². The quantitative estimate of drug-likeness (QED) is 0.158. The highest BCUT2D eigenvalue weighted by molar-refractivity contribution is 6.30. The predicted molar refractivity (Wildman–Crippen MR) is 252 cm³/mol. The number of pyridine rings is 1. The molecule has 0 aliphatic heterocycles. The summed E-state index contributed by atoms with van der Waals surface area (Å²) in [5.74, 6) is 1.92. The molecule has 0 spiro atoms. The molecule has 0 unspecified atom stereocenters. The molecule has 284 valence electrons. The van der Waals surface area contributed by atoms with Crippen LogP contribution in [-0.2, 0) is 0 Å². The summed E-state index contributed by atoms with van der Waals surface area (Å²) in [7, 11) is 0. The van der Waals surface area contributed by atoms with Crippen LogP contribution in [0.2, 0.25) is 0 Å². The molecular weight excluding hydrogens is 743 g/mol. The molecule has 0 amide bonds. The second-order valence-electron chi connectivity index (χ2n) is 15.4. The van der Waals surface area contributed by atoms with Gasteiger partial charge in [0.2, 0.25) is 0 Å². The molecule has 5 heteroatoms. The van der Waals surface area contributed by atoms with Crippen LogP contribution in [0.3, 0.4) is 0 Å². The van der Waals surface area contributed by atoms with Crippen LogP contribution in [0.25, 0.3) is 116 Å². The van der Waals surface area contributed by atoms with Gasteiger partial charge in [0.25, 0.3) is 0 Å². The van der Waals surface area contributed by atoms with Gasteiger partial charge in [-0.15, -0.1) is 0 Å². The van der Waals surface area contributed by atoms with E-state index in [2.05, 4.69) is 156 Å². The first kappa shape index (κ1) is 34.7. The normalized spacial score (nSPS) is 11.6. The Morgan fingerprint density at radius 2 is 0.852 bits per heavy atom. The summed E-state index contributed by atoms with van der Waals surface area (Å²) in [6, 6.07) is 74.6. The van der Waals surface area contributed by atoms with Gasteiger partial charge in [0.1, 0.15) is 0 Å². The molecule has 9 aromatic carbocycles. The monoisotopic (exact) mass is 777 g/mol. The SMILES string of the molecule is c1ccc(-c2nc(-c3ccccc3)nc(-c3ccc(-c4ccc5nc(-c6ccc7ccccc7c6)c6ccc7c(c8ccccc8n7-c7ccccc7)c6c5c4)cc3)n2)cc1. The molecule has 0 N–H and O–H groups in total. The molecule has 12 rings (SSSR count). The Morgan fingerprint density at radius 3 is 1.56 bits per heavy atom. The minimum atomic E-state index is 0.631. The van der Waals surface area contributed by atoms with Gasteiger partial charge in [-0.2, -0.15) is 0 Å². The van der Waals surface area contributed by atoms with Crippen molar-refractivity contribution < 1.29 is 0 Å². The van der Waals surface area contributed by atoms with E-state index in [1.807, 2.05) is 60.7 Å². The Morgan fingerprint density at radius 1 is 0.295 bits per heavy atom. The summed E-state index contributed by atoms with van der Waals surface area (Å²) in [6.45, 7) is 0. The lowest BCUT2D eigenvalue weighted by Crippen LogP contribution is -2.00. The molecule has 5 nitrogen and oxygen atoms in total. The van der Waals surface area contributed by atoms with Gasteiger partial charge in [-0.05, 0) is 64.4 Å². The number of hydrogen-bond donors (Lipinski definition) is 0. The number of hydrogen-bond acceptors (Lipinski definition) is 4. The standard InChI is InChI=1S/C56H35N5/c1-4-15-38(16-5-1)54-58-55(39-17-6-2-7-18-39)60-56(59-54)40-27-24-37(25-28-40)42-30-32-48-47(35-42)51-46(53(57-48)43-29-26-36-14-10-11-19-41(36)34-43)31-33-50-52(51)45-22-12-13-23-49(45)61(50)44-20-8-3-9-21-44/h1-35H. The third-order valence-corrected chi connectivity index (χ3v) is 11.8. The Bertz CT molecular complexity index is 3560. The molecule has 12 aromatic rings. The molecule has 0 saturated carbocycles. The average Bonchev–Trinajstić information content (AvgIpc) is 3.68. The molecule has 0 aliphatic carbocycles. The van der Waals surface area contributed by atoms with Crippen molar-refractivity contribution in [3.63, 3.8) is 0 Å². The maximum atomic E-state index is 5.46. The maximum absolute atomic E-state index is 5.46. The van der Waals surface area contributed by atoms with Gasteiger partial charge in [-0.25, -0.2) is 19.9 Å². The van der Waals surface area contributed by atoms with E-state index in [1.54, 1.807) is 0 Å². The molecule has 0 aliphatic rings. The van der Waals surface area contributed by atoms with E-state index >= 15 is 0 Å². The summed E-state index contributed by atoms with van der Waals surface area (Å²) in [6.07, 6.45) is 0. The zero-order valence-electron chi connectivity index (χ0n) is 32.9. The van der Waals surface area contributed by atoms with Crippen molar-refractivity contribution in [2.24, 2.45) is 0 Å². The third-order valence-electron chi connectivity index (χ3n) is 11.8. The highest BCUT2D eigenvalue weighted by atomic mass is 15.0. The Hall–Kier alpha value is -8.28. The summed E-state index contributed by atoms with van der Waals surface area (Å²) >= 11 is 0. The lowest BCUT2D eigenvalue weighted by molar-refractivity contribution is 1.07. The van der Waals surface area contributed by atoms with Gasteiger partial charge in [-0.1, -0.05) is 170 Å². The van der Waals surface area contributed by atoms with E-state index in [4.69, 9.17) is 19.9 Å². The Kier molecular flexibility index (Phi) is 8.10. The predicted octanol–water partition coefficient (Wildman–Crippen LogP) is 14.2.